The van der Waals surface area contributed by atoms with Crippen molar-refractivity contribution in [1.29, 1.82) is 0 Å². The predicted molar refractivity (Wildman–Crippen MR) is 172 cm³/mol. The molecule has 0 atom stereocenters. The van der Waals surface area contributed by atoms with Crippen LogP contribution in [-0.2, 0) is 10.5 Å². The van der Waals surface area contributed by atoms with Crippen LogP contribution < -0.4 is 32.4 Å². The molecule has 8 N–H and O–H groups in total. The molecule has 0 bridgehead atoms. The van der Waals surface area contributed by atoms with E-state index < -0.39 is 16.6 Å². The highest BCUT2D eigenvalue weighted by Gasteiger charge is 2.30. The molecular weight excluding hydrogens is 533 g/mol. The van der Waals surface area contributed by atoms with Gasteiger partial charge >= 0.3 is 0 Å². The first-order valence-electron chi connectivity index (χ1n) is 13.3. The Balaban J connectivity index is 0.000000342. The van der Waals surface area contributed by atoms with Gasteiger partial charge in [-0.2, -0.15) is 0 Å². The van der Waals surface area contributed by atoms with Gasteiger partial charge in [0.05, 0.1) is 0 Å². The van der Waals surface area contributed by atoms with Crippen LogP contribution in [0, 0.1) is 0 Å². The van der Waals surface area contributed by atoms with Gasteiger partial charge in [-0.25, -0.2) is 0 Å². The van der Waals surface area contributed by atoms with Gasteiger partial charge in [-0.3, -0.25) is 0 Å². The van der Waals surface area contributed by atoms with E-state index in [1.54, 1.807) is 0 Å². The normalized spacial score (nSPS) is 11.3. The van der Waals surface area contributed by atoms with E-state index in [0.717, 1.165) is 40.8 Å². The molecule has 0 saturated heterocycles. The summed E-state index contributed by atoms with van der Waals surface area (Å²) in [7, 11) is -3.15. The maximum Gasteiger partial charge on any atom is 0.187 e. The zero-order valence-corrected chi connectivity index (χ0v) is 25.9. The monoisotopic (exact) mass is 574 g/mol. The maximum atomic E-state index is 5.95. The molecular formula is C31H42N4O3Si2. The summed E-state index contributed by atoms with van der Waals surface area (Å²) < 4.78 is 17.6. The lowest BCUT2D eigenvalue weighted by atomic mass is 10.0. The average Bonchev–Trinajstić information content (AvgIpc) is 2.93. The molecule has 0 aliphatic rings. The Hall–Kier alpha value is -3.61. The van der Waals surface area contributed by atoms with Gasteiger partial charge in [-0.1, -0.05) is 24.3 Å². The molecule has 0 aliphatic heterocycles. The molecule has 7 nitrogen and oxygen atoms in total. The lowest BCUT2D eigenvalue weighted by Gasteiger charge is -2.31. The van der Waals surface area contributed by atoms with Crippen molar-refractivity contribution < 1.29 is 13.6 Å². The Bertz CT molecular complexity index is 1210. The number of hydrogen-bond donors (Lipinski definition) is 4. The largest absolute Gasteiger partial charge is 0.457 e. The molecule has 0 aromatic heterocycles. The smallest absolute Gasteiger partial charge is 0.187 e. The van der Waals surface area contributed by atoms with Crippen molar-refractivity contribution >= 4 is 28.0 Å². The van der Waals surface area contributed by atoms with Crippen LogP contribution in [0.4, 0.5) is 11.4 Å². The summed E-state index contributed by atoms with van der Waals surface area (Å²) in [6.07, 6.45) is 2.21. The van der Waals surface area contributed by atoms with Gasteiger partial charge in [0.2, 0.25) is 0 Å². The van der Waals surface area contributed by atoms with E-state index in [2.05, 4.69) is 50.5 Å². The fraction of sp³-hybridized carbons (Fsp3) is 0.226. The van der Waals surface area contributed by atoms with Gasteiger partial charge in [0, 0.05) is 23.7 Å². The predicted octanol–water partition coefficient (Wildman–Crippen LogP) is 6.44. The van der Waals surface area contributed by atoms with Crippen LogP contribution in [0.25, 0.3) is 0 Å². The van der Waals surface area contributed by atoms with Gasteiger partial charge in [-0.05, 0) is 117 Å². The number of benzene rings is 4. The van der Waals surface area contributed by atoms with Crippen LogP contribution in [0.5, 0.6) is 23.0 Å². The lowest BCUT2D eigenvalue weighted by Crippen LogP contribution is -2.53. The first-order chi connectivity index (χ1) is 19.0. The third kappa shape index (κ3) is 10.5. The highest BCUT2D eigenvalue weighted by molar-refractivity contribution is 6.85. The number of ether oxygens (including phenoxy) is 2. The first kappa shape index (κ1) is 30.9. The maximum absolute atomic E-state index is 5.95. The zero-order chi connectivity index (χ0) is 29.2. The van der Waals surface area contributed by atoms with Crippen molar-refractivity contribution in [2.24, 2.45) is 11.5 Å². The van der Waals surface area contributed by atoms with Crippen LogP contribution >= 0.6 is 0 Å². The molecule has 0 fully saturated rings. The molecule has 0 saturated carbocycles. The summed E-state index contributed by atoms with van der Waals surface area (Å²) in [6, 6.07) is 30.9. The SMILES string of the molecule is C[Si](C)(CN)O[Si](C)(C)CN.Nc1ccc(Oc2ccc(Cc3ccc(Oc4ccc(N)cc4)cc3)cc2)cc1. The van der Waals surface area contributed by atoms with Crippen LogP contribution in [0.2, 0.25) is 26.2 Å². The van der Waals surface area contributed by atoms with Crippen LogP contribution in [0.15, 0.2) is 97.1 Å². The zero-order valence-electron chi connectivity index (χ0n) is 23.9. The van der Waals surface area contributed by atoms with Gasteiger partial charge in [0.25, 0.3) is 0 Å². The van der Waals surface area contributed by atoms with E-state index in [4.69, 9.17) is 36.5 Å². The topological polar surface area (TPSA) is 132 Å². The standard InChI is InChI=1S/C25H22N2O2.C6H20N2OSi2/c26-20-5-13-24(14-6-20)28-22-9-1-18(2-10-22)17-19-3-11-23(12-4-19)29-25-15-7-21(27)8-16-25;1-10(2,5-7)9-11(3,4)6-8/h1-16H,17,26-27H2;5-8H2,1-4H3. The molecule has 4 aromatic carbocycles. The summed E-state index contributed by atoms with van der Waals surface area (Å²) in [5, 5.41) is 0. The molecule has 0 amide bonds. The van der Waals surface area contributed by atoms with Crippen molar-refractivity contribution in [3.05, 3.63) is 108 Å². The molecule has 0 radical (unpaired) electrons. The molecule has 4 rings (SSSR count). The minimum absolute atomic E-state index is 0.684. The minimum atomic E-state index is -1.57. The van der Waals surface area contributed by atoms with Gasteiger partial charge in [0.15, 0.2) is 16.6 Å². The number of nitrogen functional groups attached to an aromatic ring is 2. The lowest BCUT2D eigenvalue weighted by molar-refractivity contribution is 0.482. The van der Waals surface area contributed by atoms with Crippen molar-refractivity contribution in [3.63, 3.8) is 0 Å². The summed E-state index contributed by atoms with van der Waals surface area (Å²) in [5.74, 6) is 3.13. The summed E-state index contributed by atoms with van der Waals surface area (Å²) in [4.78, 5) is 0. The molecule has 9 heteroatoms. The van der Waals surface area contributed by atoms with E-state index in [1.807, 2.05) is 72.8 Å². The van der Waals surface area contributed by atoms with Crippen LogP contribution in [0.3, 0.4) is 0 Å². The second-order valence-electron chi connectivity index (χ2n) is 10.8. The number of anilines is 2. The van der Waals surface area contributed by atoms with Gasteiger partial charge < -0.3 is 36.5 Å². The molecule has 40 heavy (non-hydrogen) atoms. The van der Waals surface area contributed by atoms with E-state index in [-0.39, 0.29) is 0 Å². The third-order valence-electron chi connectivity index (χ3n) is 6.02. The third-order valence-corrected chi connectivity index (χ3v) is 12.4. The summed E-state index contributed by atoms with van der Waals surface area (Å²) >= 11 is 0. The first-order valence-corrected chi connectivity index (χ1v) is 19.5. The van der Waals surface area contributed by atoms with Crippen molar-refractivity contribution in [3.8, 4) is 23.0 Å². The van der Waals surface area contributed by atoms with Crippen molar-refractivity contribution in [2.75, 3.05) is 23.8 Å². The molecule has 0 spiro atoms. The molecule has 212 valence electrons. The van der Waals surface area contributed by atoms with Crippen LogP contribution in [0.1, 0.15) is 11.1 Å². The summed E-state index contributed by atoms with van der Waals surface area (Å²) in [5.41, 5.74) is 26.4. The molecule has 0 aliphatic carbocycles. The number of rotatable bonds is 10. The molecule has 0 unspecified atom stereocenters. The number of hydrogen-bond acceptors (Lipinski definition) is 7. The van der Waals surface area contributed by atoms with Crippen molar-refractivity contribution in [1.82, 2.24) is 0 Å². The van der Waals surface area contributed by atoms with Gasteiger partial charge in [0.1, 0.15) is 23.0 Å². The van der Waals surface area contributed by atoms with E-state index in [9.17, 15) is 0 Å². The second-order valence-corrected chi connectivity index (χ2v) is 19.5. The van der Waals surface area contributed by atoms with E-state index in [0.29, 0.717) is 12.3 Å². The molecule has 0 heterocycles. The second kappa shape index (κ2) is 14.2. The Morgan fingerprint density at radius 2 is 0.750 bits per heavy atom. The van der Waals surface area contributed by atoms with Crippen LogP contribution in [-0.4, -0.2) is 29.0 Å². The minimum Gasteiger partial charge on any atom is -0.457 e. The van der Waals surface area contributed by atoms with E-state index in [1.165, 1.54) is 11.1 Å². The summed E-state index contributed by atoms with van der Waals surface area (Å²) in [6.45, 7) is 8.55. The number of nitrogens with two attached hydrogens (primary N) is 4. The van der Waals surface area contributed by atoms with Crippen molar-refractivity contribution in [2.45, 2.75) is 32.6 Å². The fourth-order valence-corrected chi connectivity index (χ4v) is 10.4. The Labute approximate surface area is 240 Å². The Morgan fingerprint density at radius 1 is 0.475 bits per heavy atom. The average molecular weight is 575 g/mol. The highest BCUT2D eigenvalue weighted by Crippen LogP contribution is 2.25. The fourth-order valence-electron chi connectivity index (χ4n) is 3.76. The van der Waals surface area contributed by atoms with Gasteiger partial charge in [-0.15, -0.1) is 0 Å². The highest BCUT2D eigenvalue weighted by atomic mass is 28.4. The quantitative estimate of drug-likeness (QED) is 0.127. The molecule has 4 aromatic rings. The Morgan fingerprint density at radius 3 is 1.02 bits per heavy atom. The Kier molecular flexibility index (Phi) is 10.9. The van der Waals surface area contributed by atoms with E-state index >= 15 is 0 Å².